The maximum absolute atomic E-state index is 13.8. The third-order valence-electron chi connectivity index (χ3n) is 5.00. The zero-order chi connectivity index (χ0) is 19.2. The highest BCUT2D eigenvalue weighted by Crippen LogP contribution is 2.75. The van der Waals surface area contributed by atoms with Gasteiger partial charge >= 0.3 is 0 Å². The number of benzene rings is 2. The SMILES string of the molecule is CC(C)(C)[C@@]1(c2ccccc2)S[S@@](=O)[C@](c2ccccc2)(C(C)(C)C)S1. The van der Waals surface area contributed by atoms with Crippen molar-refractivity contribution in [1.82, 2.24) is 0 Å². The van der Waals surface area contributed by atoms with E-state index in [2.05, 4.69) is 96.1 Å². The van der Waals surface area contributed by atoms with E-state index in [9.17, 15) is 4.21 Å². The molecule has 1 saturated heterocycles. The Morgan fingerprint density at radius 1 is 0.731 bits per heavy atom. The molecule has 2 aromatic rings. The van der Waals surface area contributed by atoms with Crippen molar-refractivity contribution in [3.8, 4) is 0 Å². The minimum absolute atomic E-state index is 0.0544. The normalized spacial score (nSPS) is 29.7. The van der Waals surface area contributed by atoms with Gasteiger partial charge in [-0.25, -0.2) is 4.21 Å². The summed E-state index contributed by atoms with van der Waals surface area (Å²) in [5.74, 6) is 0. The molecule has 0 N–H and O–H groups in total. The summed E-state index contributed by atoms with van der Waals surface area (Å²) in [6.45, 7) is 13.4. The molecule has 1 heterocycles. The number of hydrogen-bond donors (Lipinski definition) is 0. The van der Waals surface area contributed by atoms with Gasteiger partial charge in [-0.3, -0.25) is 0 Å². The molecule has 2 aromatic carbocycles. The highest BCUT2D eigenvalue weighted by atomic mass is 33.1. The molecular formula is C22H28OS3. The lowest BCUT2D eigenvalue weighted by Crippen LogP contribution is -2.40. The van der Waals surface area contributed by atoms with E-state index in [4.69, 9.17) is 0 Å². The Bertz CT molecular complexity index is 790. The third kappa shape index (κ3) is 2.98. The Hall–Kier alpha value is -0.710. The summed E-state index contributed by atoms with van der Waals surface area (Å²) in [4.78, 5) is 0. The van der Waals surface area contributed by atoms with Gasteiger partial charge in [0.2, 0.25) is 0 Å². The quantitative estimate of drug-likeness (QED) is 0.505. The summed E-state index contributed by atoms with van der Waals surface area (Å²) < 4.78 is 13.1. The molecule has 1 aliphatic rings. The van der Waals surface area contributed by atoms with Crippen molar-refractivity contribution in [3.05, 3.63) is 71.8 Å². The molecule has 140 valence electrons. The Kier molecular flexibility index (Phi) is 5.18. The fourth-order valence-corrected chi connectivity index (χ4v) is 12.6. The maximum atomic E-state index is 13.8. The molecule has 1 aliphatic heterocycles. The molecule has 0 unspecified atom stereocenters. The van der Waals surface area contributed by atoms with Crippen LogP contribution < -0.4 is 0 Å². The molecule has 0 bridgehead atoms. The molecular weight excluding hydrogens is 376 g/mol. The van der Waals surface area contributed by atoms with Gasteiger partial charge in [-0.05, 0) is 32.8 Å². The van der Waals surface area contributed by atoms with Crippen LogP contribution in [0.1, 0.15) is 52.7 Å². The lowest BCUT2D eigenvalue weighted by atomic mass is 9.85. The molecule has 26 heavy (non-hydrogen) atoms. The second-order valence-electron chi connectivity index (χ2n) is 8.89. The minimum atomic E-state index is -1.08. The van der Waals surface area contributed by atoms with Gasteiger partial charge in [0.25, 0.3) is 0 Å². The first-order valence-corrected chi connectivity index (χ1v) is 12.3. The molecule has 1 fully saturated rings. The van der Waals surface area contributed by atoms with Gasteiger partial charge in [0, 0.05) is 0 Å². The first kappa shape index (κ1) is 20.0. The van der Waals surface area contributed by atoms with Crippen LogP contribution in [0.5, 0.6) is 0 Å². The Morgan fingerprint density at radius 2 is 1.19 bits per heavy atom. The average molecular weight is 405 g/mol. The monoisotopic (exact) mass is 404 g/mol. The maximum Gasteiger partial charge on any atom is 0.132 e. The zero-order valence-electron chi connectivity index (χ0n) is 16.4. The summed E-state index contributed by atoms with van der Waals surface area (Å²) in [5.41, 5.74) is 2.20. The van der Waals surface area contributed by atoms with E-state index in [1.54, 1.807) is 10.8 Å². The summed E-state index contributed by atoms with van der Waals surface area (Å²) in [7, 11) is 0.560. The minimum Gasteiger partial charge on any atom is -0.246 e. The number of hydrogen-bond acceptors (Lipinski definition) is 3. The van der Waals surface area contributed by atoms with Crippen LogP contribution >= 0.6 is 22.6 Å². The smallest absolute Gasteiger partial charge is 0.132 e. The first-order chi connectivity index (χ1) is 12.0. The molecule has 0 aliphatic carbocycles. The van der Waals surface area contributed by atoms with Crippen LogP contribution in [-0.4, -0.2) is 4.21 Å². The van der Waals surface area contributed by atoms with Gasteiger partial charge in [-0.2, -0.15) is 0 Å². The van der Waals surface area contributed by atoms with E-state index in [0.29, 0.717) is 0 Å². The predicted octanol–water partition coefficient (Wildman–Crippen LogP) is 6.93. The fraction of sp³-hybridized carbons (Fsp3) is 0.455. The Balaban J connectivity index is 2.26. The average Bonchev–Trinajstić information content (AvgIpc) is 2.92. The molecule has 0 spiro atoms. The standard InChI is InChI=1S/C22H28OS3/c1-19(2,3)21(17-13-9-7-10-14-17)24-22(20(4,5)6,26(23)25-21)18-15-11-8-12-16-18/h7-16H,1-6H3/t21-,22-,26-/m1/s1. The summed E-state index contributed by atoms with van der Waals surface area (Å²) >= 11 is 1.90. The molecule has 0 aromatic heterocycles. The van der Waals surface area contributed by atoms with Crippen LogP contribution in [-0.2, 0) is 18.0 Å². The summed E-state index contributed by atoms with van der Waals surface area (Å²) in [6.07, 6.45) is 0. The van der Waals surface area contributed by atoms with E-state index >= 15 is 0 Å². The highest BCUT2D eigenvalue weighted by molar-refractivity contribution is 8.76. The zero-order valence-corrected chi connectivity index (χ0v) is 18.9. The van der Waals surface area contributed by atoms with Gasteiger partial charge in [-0.15, -0.1) is 11.8 Å². The van der Waals surface area contributed by atoms with Gasteiger partial charge in [0.05, 0.1) is 0 Å². The van der Waals surface area contributed by atoms with E-state index in [-0.39, 0.29) is 14.9 Å². The van der Waals surface area contributed by atoms with E-state index in [1.165, 1.54) is 5.56 Å². The molecule has 4 heteroatoms. The van der Waals surface area contributed by atoms with E-state index in [0.717, 1.165) is 5.56 Å². The molecule has 0 radical (unpaired) electrons. The van der Waals surface area contributed by atoms with Crippen LogP contribution in [0.15, 0.2) is 60.7 Å². The van der Waals surface area contributed by atoms with Crippen LogP contribution in [0.3, 0.4) is 0 Å². The topological polar surface area (TPSA) is 17.1 Å². The van der Waals surface area contributed by atoms with Gasteiger partial charge < -0.3 is 0 Å². The van der Waals surface area contributed by atoms with Crippen molar-refractivity contribution < 1.29 is 4.21 Å². The van der Waals surface area contributed by atoms with Gasteiger partial charge in [0.1, 0.15) is 18.0 Å². The lowest BCUT2D eigenvalue weighted by Gasteiger charge is -2.44. The lowest BCUT2D eigenvalue weighted by molar-refractivity contribution is 0.350. The van der Waals surface area contributed by atoms with Crippen molar-refractivity contribution in [1.29, 1.82) is 0 Å². The van der Waals surface area contributed by atoms with Crippen molar-refractivity contribution in [2.45, 2.75) is 49.7 Å². The van der Waals surface area contributed by atoms with E-state index in [1.807, 2.05) is 17.8 Å². The molecule has 1 nitrogen and oxygen atoms in total. The molecule has 3 rings (SSSR count). The Labute approximate surface area is 168 Å². The van der Waals surface area contributed by atoms with Gasteiger partial charge in [-0.1, -0.05) is 102 Å². The van der Waals surface area contributed by atoms with Gasteiger partial charge in [0.15, 0.2) is 0 Å². The summed E-state index contributed by atoms with van der Waals surface area (Å²) in [5, 5.41) is 0. The second-order valence-corrected chi connectivity index (χ2v) is 14.1. The second kappa shape index (κ2) is 6.72. The number of rotatable bonds is 2. The predicted molar refractivity (Wildman–Crippen MR) is 118 cm³/mol. The van der Waals surface area contributed by atoms with Crippen LogP contribution in [0.4, 0.5) is 0 Å². The highest BCUT2D eigenvalue weighted by Gasteiger charge is 2.65. The van der Waals surface area contributed by atoms with Crippen molar-refractivity contribution >= 4 is 32.4 Å². The van der Waals surface area contributed by atoms with Crippen molar-refractivity contribution in [2.24, 2.45) is 10.8 Å². The van der Waals surface area contributed by atoms with Crippen LogP contribution in [0.2, 0.25) is 0 Å². The van der Waals surface area contributed by atoms with Crippen molar-refractivity contribution in [2.75, 3.05) is 0 Å². The Morgan fingerprint density at radius 3 is 1.62 bits per heavy atom. The summed E-state index contributed by atoms with van der Waals surface area (Å²) in [6, 6.07) is 21.0. The van der Waals surface area contributed by atoms with Crippen LogP contribution in [0, 0.1) is 10.8 Å². The third-order valence-corrected chi connectivity index (χ3v) is 13.6. The largest absolute Gasteiger partial charge is 0.246 e. The molecule has 0 amide bonds. The number of thioether (sulfide) groups is 1. The molecule has 0 saturated carbocycles. The molecule has 3 atom stereocenters. The first-order valence-electron chi connectivity index (χ1n) is 8.97. The van der Waals surface area contributed by atoms with E-state index < -0.39 is 13.9 Å². The fourth-order valence-electron chi connectivity index (χ4n) is 3.54. The van der Waals surface area contributed by atoms with Crippen molar-refractivity contribution in [3.63, 3.8) is 0 Å². The van der Waals surface area contributed by atoms with Crippen LogP contribution in [0.25, 0.3) is 0 Å².